The van der Waals surface area contributed by atoms with Gasteiger partial charge in [0.2, 0.25) is 0 Å². The van der Waals surface area contributed by atoms with Crippen molar-refractivity contribution >= 4 is 6.21 Å². The van der Waals surface area contributed by atoms with Gasteiger partial charge in [-0.15, -0.1) is 0 Å². The van der Waals surface area contributed by atoms with Gasteiger partial charge >= 0.3 is 0 Å². The highest BCUT2D eigenvalue weighted by Crippen LogP contribution is 2.09. The molecule has 0 spiro atoms. The van der Waals surface area contributed by atoms with E-state index in [2.05, 4.69) is 11.2 Å². The largest absolute Gasteiger partial charge is 0.391 e. The van der Waals surface area contributed by atoms with Crippen molar-refractivity contribution in [1.82, 2.24) is 0 Å². The molecule has 0 bridgehead atoms. The minimum absolute atomic E-state index is 0.298. The van der Waals surface area contributed by atoms with Crippen LogP contribution < -0.4 is 0 Å². The molecule has 0 N–H and O–H groups in total. The van der Waals surface area contributed by atoms with Crippen LogP contribution >= 0.6 is 0 Å². The van der Waals surface area contributed by atoms with E-state index >= 15 is 0 Å². The Hall–Kier alpha value is -2.60. The molecule has 0 amide bonds. The predicted molar refractivity (Wildman–Crippen MR) is 74.7 cm³/mol. The van der Waals surface area contributed by atoms with Gasteiger partial charge in [0.1, 0.15) is 6.61 Å². The summed E-state index contributed by atoms with van der Waals surface area (Å²) in [6.07, 6.45) is 1.68. The molecule has 0 saturated carbocycles. The lowest BCUT2D eigenvalue weighted by molar-refractivity contribution is 0.132. The fourth-order valence-electron chi connectivity index (χ4n) is 1.69. The standard InChI is InChI=1S/C16H14N2O/c1-13-6-2-3-8-15(13)11-18-19-12-16-9-5-4-7-14(16)10-17/h2-9,11H,12H2,1H3. The van der Waals surface area contributed by atoms with Gasteiger partial charge in [0, 0.05) is 5.56 Å². The van der Waals surface area contributed by atoms with Gasteiger partial charge in [-0.3, -0.25) is 0 Å². The van der Waals surface area contributed by atoms with Crippen LogP contribution in [0.25, 0.3) is 0 Å². The van der Waals surface area contributed by atoms with Crippen LogP contribution in [-0.2, 0) is 11.4 Å². The fraction of sp³-hybridized carbons (Fsp3) is 0.125. The third-order valence-corrected chi connectivity index (χ3v) is 2.81. The van der Waals surface area contributed by atoms with E-state index in [9.17, 15) is 0 Å². The van der Waals surface area contributed by atoms with Crippen LogP contribution in [0.15, 0.2) is 53.7 Å². The van der Waals surface area contributed by atoms with Crippen LogP contribution in [0.2, 0.25) is 0 Å². The van der Waals surface area contributed by atoms with Crippen molar-refractivity contribution in [3.8, 4) is 6.07 Å². The minimum atomic E-state index is 0.298. The van der Waals surface area contributed by atoms with Crippen LogP contribution in [0.1, 0.15) is 22.3 Å². The van der Waals surface area contributed by atoms with Crippen LogP contribution in [0.5, 0.6) is 0 Å². The lowest BCUT2D eigenvalue weighted by Gasteiger charge is -2.02. The number of oxime groups is 1. The molecule has 0 heterocycles. The van der Waals surface area contributed by atoms with E-state index in [4.69, 9.17) is 10.1 Å². The molecule has 0 saturated heterocycles. The van der Waals surface area contributed by atoms with Gasteiger partial charge in [-0.25, -0.2) is 0 Å². The Kier molecular flexibility index (Phi) is 4.30. The molecule has 3 heteroatoms. The highest BCUT2D eigenvalue weighted by Gasteiger charge is 2.00. The molecule has 0 aromatic heterocycles. The summed E-state index contributed by atoms with van der Waals surface area (Å²) in [4.78, 5) is 5.24. The van der Waals surface area contributed by atoms with E-state index in [1.807, 2.05) is 49.4 Å². The third kappa shape index (κ3) is 3.43. The van der Waals surface area contributed by atoms with Crippen molar-refractivity contribution in [2.45, 2.75) is 13.5 Å². The van der Waals surface area contributed by atoms with Crippen molar-refractivity contribution in [2.24, 2.45) is 5.16 Å². The highest BCUT2D eigenvalue weighted by atomic mass is 16.6. The Balaban J connectivity index is 1.98. The lowest BCUT2D eigenvalue weighted by Crippen LogP contribution is -1.92. The summed E-state index contributed by atoms with van der Waals surface area (Å²) in [7, 11) is 0. The van der Waals surface area contributed by atoms with Crippen LogP contribution in [0.4, 0.5) is 0 Å². The monoisotopic (exact) mass is 250 g/mol. The first-order valence-electron chi connectivity index (χ1n) is 6.00. The lowest BCUT2D eigenvalue weighted by atomic mass is 10.1. The van der Waals surface area contributed by atoms with E-state index in [0.29, 0.717) is 12.2 Å². The zero-order chi connectivity index (χ0) is 13.5. The number of nitriles is 1. The molecular weight excluding hydrogens is 236 g/mol. The first kappa shape index (κ1) is 12.8. The van der Waals surface area contributed by atoms with Gasteiger partial charge in [0.05, 0.1) is 17.8 Å². The maximum absolute atomic E-state index is 8.95. The molecule has 94 valence electrons. The summed E-state index contributed by atoms with van der Waals surface area (Å²) in [5.74, 6) is 0. The maximum Gasteiger partial charge on any atom is 0.143 e. The number of rotatable bonds is 4. The second kappa shape index (κ2) is 6.36. The third-order valence-electron chi connectivity index (χ3n) is 2.81. The highest BCUT2D eigenvalue weighted by molar-refractivity contribution is 5.81. The SMILES string of the molecule is Cc1ccccc1C=NOCc1ccccc1C#N. The van der Waals surface area contributed by atoms with Gasteiger partial charge in [0.15, 0.2) is 0 Å². The molecule has 2 rings (SSSR count). The van der Waals surface area contributed by atoms with Gasteiger partial charge < -0.3 is 4.84 Å². The van der Waals surface area contributed by atoms with E-state index in [-0.39, 0.29) is 0 Å². The normalized spacial score (nSPS) is 10.3. The topological polar surface area (TPSA) is 45.4 Å². The molecule has 3 nitrogen and oxygen atoms in total. The molecule has 0 radical (unpaired) electrons. The zero-order valence-electron chi connectivity index (χ0n) is 10.7. The molecule has 0 aliphatic rings. The van der Waals surface area contributed by atoms with Crippen molar-refractivity contribution in [2.75, 3.05) is 0 Å². The van der Waals surface area contributed by atoms with Crippen LogP contribution in [-0.4, -0.2) is 6.21 Å². The molecule has 0 unspecified atom stereocenters. The summed E-state index contributed by atoms with van der Waals surface area (Å²) >= 11 is 0. The van der Waals surface area contributed by atoms with E-state index < -0.39 is 0 Å². The molecule has 0 fully saturated rings. The summed E-state index contributed by atoms with van der Waals surface area (Å²) in [6.45, 7) is 2.32. The second-order valence-electron chi connectivity index (χ2n) is 4.13. The van der Waals surface area contributed by atoms with Gasteiger partial charge in [-0.05, 0) is 24.1 Å². The van der Waals surface area contributed by atoms with Crippen LogP contribution in [0.3, 0.4) is 0 Å². The summed E-state index contributed by atoms with van der Waals surface area (Å²) in [5, 5.41) is 12.9. The zero-order valence-corrected chi connectivity index (χ0v) is 10.7. The number of hydrogen-bond donors (Lipinski definition) is 0. The number of hydrogen-bond acceptors (Lipinski definition) is 3. The second-order valence-corrected chi connectivity index (χ2v) is 4.13. The number of benzene rings is 2. The van der Waals surface area contributed by atoms with Gasteiger partial charge in [0.25, 0.3) is 0 Å². The molecule has 2 aromatic rings. The predicted octanol–water partition coefficient (Wildman–Crippen LogP) is 3.42. The average molecular weight is 250 g/mol. The quantitative estimate of drug-likeness (QED) is 0.616. The first-order chi connectivity index (χ1) is 9.31. The van der Waals surface area contributed by atoms with Crippen molar-refractivity contribution in [3.05, 3.63) is 70.8 Å². The molecule has 19 heavy (non-hydrogen) atoms. The molecule has 0 aliphatic carbocycles. The maximum atomic E-state index is 8.95. The summed E-state index contributed by atoms with van der Waals surface area (Å²) in [6, 6.07) is 17.4. The van der Waals surface area contributed by atoms with E-state index in [1.165, 1.54) is 0 Å². The molecular formula is C16H14N2O. The smallest absolute Gasteiger partial charge is 0.143 e. The molecule has 0 aliphatic heterocycles. The molecule has 2 aromatic carbocycles. The average Bonchev–Trinajstić information content (AvgIpc) is 2.45. The van der Waals surface area contributed by atoms with E-state index in [1.54, 1.807) is 12.3 Å². The van der Waals surface area contributed by atoms with Gasteiger partial charge in [-0.2, -0.15) is 5.26 Å². The van der Waals surface area contributed by atoms with Crippen molar-refractivity contribution < 1.29 is 4.84 Å². The Morgan fingerprint density at radius 1 is 1.16 bits per heavy atom. The number of nitrogens with zero attached hydrogens (tertiary/aromatic N) is 2. The van der Waals surface area contributed by atoms with Crippen LogP contribution in [0, 0.1) is 18.3 Å². The molecule has 0 atom stereocenters. The van der Waals surface area contributed by atoms with Crippen molar-refractivity contribution in [1.29, 1.82) is 5.26 Å². The minimum Gasteiger partial charge on any atom is -0.391 e. The van der Waals surface area contributed by atoms with Gasteiger partial charge in [-0.1, -0.05) is 47.6 Å². The first-order valence-corrected chi connectivity index (χ1v) is 6.00. The summed E-state index contributed by atoms with van der Waals surface area (Å²) in [5.41, 5.74) is 3.63. The Morgan fingerprint density at radius 3 is 2.68 bits per heavy atom. The van der Waals surface area contributed by atoms with E-state index in [0.717, 1.165) is 16.7 Å². The Labute approximate surface area is 112 Å². The number of aryl methyl sites for hydroxylation is 1. The Bertz CT molecular complexity index is 627. The fourth-order valence-corrected chi connectivity index (χ4v) is 1.69. The van der Waals surface area contributed by atoms with Crippen molar-refractivity contribution in [3.63, 3.8) is 0 Å². The Morgan fingerprint density at radius 2 is 1.89 bits per heavy atom. The summed E-state index contributed by atoms with van der Waals surface area (Å²) < 4.78 is 0.